The van der Waals surface area contributed by atoms with Crippen molar-refractivity contribution in [2.75, 3.05) is 26.2 Å². The zero-order valence-corrected chi connectivity index (χ0v) is 13.8. The predicted molar refractivity (Wildman–Crippen MR) is 79.2 cm³/mol. The van der Waals surface area contributed by atoms with Crippen molar-refractivity contribution >= 4 is 0 Å². The van der Waals surface area contributed by atoms with Gasteiger partial charge in [0.15, 0.2) is 0 Å². The van der Waals surface area contributed by atoms with Crippen LogP contribution in [0.2, 0.25) is 0 Å². The van der Waals surface area contributed by atoms with E-state index in [1.165, 1.54) is 5.57 Å². The van der Waals surface area contributed by atoms with Crippen LogP contribution in [0.5, 0.6) is 0 Å². The van der Waals surface area contributed by atoms with Gasteiger partial charge in [-0.3, -0.25) is 0 Å². The van der Waals surface area contributed by atoms with Gasteiger partial charge in [0.25, 0.3) is 0 Å². The van der Waals surface area contributed by atoms with Crippen LogP contribution in [0, 0.1) is 11.8 Å². The number of hydrogen-bond acceptors (Lipinski definition) is 0. The second-order valence-electron chi connectivity index (χ2n) is 4.92. The van der Waals surface area contributed by atoms with Crippen LogP contribution in [0.25, 0.3) is 0 Å². The molecule has 1 aromatic carbocycles. The number of rotatable bonds is 5. The summed E-state index contributed by atoms with van der Waals surface area (Å²) in [6.45, 7) is 14.7. The molecular weight excluding hydrogens is 298 g/mol. The molecule has 0 saturated heterocycles. The highest BCUT2D eigenvalue weighted by Gasteiger charge is 2.21. The normalized spacial score (nSPS) is 10.1. The van der Waals surface area contributed by atoms with Crippen LogP contribution in [0.4, 0.5) is 0 Å². The monoisotopic (exact) mass is 321 g/mol. The molecule has 0 amide bonds. The third-order valence-electron chi connectivity index (χ3n) is 3.37. The van der Waals surface area contributed by atoms with Crippen molar-refractivity contribution in [3.05, 3.63) is 48.0 Å². The fourth-order valence-corrected chi connectivity index (χ4v) is 2.13. The quantitative estimate of drug-likeness (QED) is 0.420. The van der Waals surface area contributed by atoms with E-state index in [0.717, 1.165) is 36.2 Å². The van der Waals surface area contributed by atoms with Gasteiger partial charge < -0.3 is 21.5 Å². The Kier molecular flexibility index (Phi) is 8.47. The Morgan fingerprint density at radius 1 is 1.16 bits per heavy atom. The van der Waals surface area contributed by atoms with E-state index in [-0.39, 0.29) is 17.0 Å². The summed E-state index contributed by atoms with van der Waals surface area (Å²) in [6, 6.07) is 10.2. The lowest BCUT2D eigenvalue weighted by Gasteiger charge is -2.35. The summed E-state index contributed by atoms with van der Waals surface area (Å²) in [7, 11) is 0. The molecule has 19 heavy (non-hydrogen) atoms. The minimum atomic E-state index is 0. The molecule has 0 spiro atoms. The summed E-state index contributed by atoms with van der Waals surface area (Å²) in [4.78, 5) is 0. The summed E-state index contributed by atoms with van der Waals surface area (Å²) < 4.78 is 1.01. The van der Waals surface area contributed by atoms with Crippen LogP contribution in [0.3, 0.4) is 0 Å². The molecule has 0 saturated carbocycles. The van der Waals surface area contributed by atoms with Crippen molar-refractivity contribution in [1.82, 2.24) is 0 Å². The fourth-order valence-electron chi connectivity index (χ4n) is 2.13. The molecular formula is C17H24BrN. The Balaban J connectivity index is 0.00000324. The number of quaternary nitrogens is 1. The molecule has 1 aromatic rings. The first-order chi connectivity index (χ1) is 8.62. The van der Waals surface area contributed by atoms with Crippen LogP contribution in [0.15, 0.2) is 42.5 Å². The van der Waals surface area contributed by atoms with E-state index in [1.807, 2.05) is 18.2 Å². The second kappa shape index (κ2) is 8.96. The van der Waals surface area contributed by atoms with Gasteiger partial charge in [-0.1, -0.05) is 30.7 Å². The largest absolute Gasteiger partial charge is 1.00 e. The van der Waals surface area contributed by atoms with Gasteiger partial charge in [0, 0.05) is 5.56 Å². The van der Waals surface area contributed by atoms with Crippen LogP contribution < -0.4 is 17.0 Å². The highest BCUT2D eigenvalue weighted by Crippen LogP contribution is 2.09. The topological polar surface area (TPSA) is 0 Å². The number of likely N-dealkylation sites (N-methyl/N-ethyl adjacent to an activating group) is 1. The van der Waals surface area contributed by atoms with Gasteiger partial charge in [0.1, 0.15) is 13.1 Å². The maximum absolute atomic E-state index is 4.04. The van der Waals surface area contributed by atoms with E-state index in [1.54, 1.807) is 0 Å². The Morgan fingerprint density at radius 2 is 1.74 bits per heavy atom. The summed E-state index contributed by atoms with van der Waals surface area (Å²) >= 11 is 0. The molecule has 0 fully saturated rings. The number of halogens is 1. The zero-order chi connectivity index (χ0) is 13.4. The molecule has 2 heteroatoms. The molecule has 104 valence electrons. The van der Waals surface area contributed by atoms with E-state index < -0.39 is 0 Å². The van der Waals surface area contributed by atoms with Crippen molar-refractivity contribution in [1.29, 1.82) is 0 Å². The second-order valence-corrected chi connectivity index (χ2v) is 4.92. The van der Waals surface area contributed by atoms with Crippen molar-refractivity contribution in [2.45, 2.75) is 20.8 Å². The van der Waals surface area contributed by atoms with E-state index in [2.05, 4.69) is 51.3 Å². The third kappa shape index (κ3) is 6.09. The first kappa shape index (κ1) is 18.0. The third-order valence-corrected chi connectivity index (χ3v) is 3.37. The van der Waals surface area contributed by atoms with Gasteiger partial charge in [-0.2, -0.15) is 0 Å². The summed E-state index contributed by atoms with van der Waals surface area (Å²) in [5.74, 6) is 6.58. The van der Waals surface area contributed by atoms with Gasteiger partial charge in [-0.25, -0.2) is 0 Å². The predicted octanol–water partition coefficient (Wildman–Crippen LogP) is 0.475. The lowest BCUT2D eigenvalue weighted by Crippen LogP contribution is -3.00. The highest BCUT2D eigenvalue weighted by atomic mass is 79.9. The molecule has 0 aliphatic carbocycles. The van der Waals surface area contributed by atoms with Crippen molar-refractivity contribution < 1.29 is 21.5 Å². The van der Waals surface area contributed by atoms with E-state index in [0.29, 0.717) is 0 Å². The molecule has 1 nitrogen and oxygen atoms in total. The van der Waals surface area contributed by atoms with E-state index in [4.69, 9.17) is 0 Å². The first-order valence-electron chi connectivity index (χ1n) is 6.65. The molecule has 0 aromatic heterocycles. The van der Waals surface area contributed by atoms with Gasteiger partial charge in [-0.15, -0.1) is 0 Å². The molecule has 0 heterocycles. The summed E-state index contributed by atoms with van der Waals surface area (Å²) in [5.41, 5.74) is 2.33. The molecule has 0 radical (unpaired) electrons. The van der Waals surface area contributed by atoms with E-state index in [9.17, 15) is 0 Å². The zero-order valence-electron chi connectivity index (χ0n) is 12.2. The lowest BCUT2D eigenvalue weighted by molar-refractivity contribution is -0.913. The molecule has 0 aliphatic heterocycles. The highest BCUT2D eigenvalue weighted by molar-refractivity contribution is 5.33. The molecule has 1 rings (SSSR count). The van der Waals surface area contributed by atoms with Crippen molar-refractivity contribution in [2.24, 2.45) is 0 Å². The number of benzene rings is 1. The Hall–Kier alpha value is -1.04. The van der Waals surface area contributed by atoms with Crippen molar-refractivity contribution in [3.63, 3.8) is 0 Å². The average molecular weight is 322 g/mol. The van der Waals surface area contributed by atoms with Gasteiger partial charge in [-0.05, 0) is 44.4 Å². The lowest BCUT2D eigenvalue weighted by atomic mass is 10.2. The van der Waals surface area contributed by atoms with E-state index >= 15 is 0 Å². The first-order valence-corrected chi connectivity index (χ1v) is 6.65. The minimum Gasteiger partial charge on any atom is -1.00 e. The number of nitrogens with zero attached hydrogens (tertiary/aromatic N) is 1. The molecule has 0 N–H and O–H groups in total. The maximum Gasteiger partial charge on any atom is 0.141 e. The van der Waals surface area contributed by atoms with Crippen molar-refractivity contribution in [3.8, 4) is 11.8 Å². The Labute approximate surface area is 128 Å². The molecule has 0 aliphatic rings. The Bertz CT molecular complexity index is 435. The molecule has 0 bridgehead atoms. The maximum atomic E-state index is 4.04. The van der Waals surface area contributed by atoms with Gasteiger partial charge >= 0.3 is 0 Å². The van der Waals surface area contributed by atoms with Gasteiger partial charge in [0.05, 0.1) is 13.1 Å². The standard InChI is InChI=1S/C17H24N.BrH/c1-5-18(6-2,15-16(3)4)14-10-13-17-11-8-7-9-12-17;/h7-9,11-12H,3,5-6,14-15H2,1-2,4H3;1H/q+1;/p-1. The molecule has 0 unspecified atom stereocenters. The van der Waals surface area contributed by atoms with Crippen LogP contribution in [-0.4, -0.2) is 30.7 Å². The fraction of sp³-hybridized carbons (Fsp3) is 0.412. The smallest absolute Gasteiger partial charge is 0.141 e. The average Bonchev–Trinajstić information content (AvgIpc) is 2.38. The Morgan fingerprint density at radius 3 is 2.21 bits per heavy atom. The van der Waals surface area contributed by atoms with Crippen LogP contribution in [0.1, 0.15) is 26.3 Å². The summed E-state index contributed by atoms with van der Waals surface area (Å²) in [6.07, 6.45) is 0. The van der Waals surface area contributed by atoms with Crippen LogP contribution >= 0.6 is 0 Å². The summed E-state index contributed by atoms with van der Waals surface area (Å²) in [5, 5.41) is 0. The SMILES string of the molecule is C=C(C)C[N+](CC)(CC)CC#Cc1ccccc1.[Br-]. The van der Waals surface area contributed by atoms with Gasteiger partial charge in [0.2, 0.25) is 0 Å². The molecule has 0 atom stereocenters. The number of hydrogen-bond donors (Lipinski definition) is 0. The minimum absolute atomic E-state index is 0. The van der Waals surface area contributed by atoms with Crippen LogP contribution in [-0.2, 0) is 0 Å².